The van der Waals surface area contributed by atoms with E-state index in [0.717, 1.165) is 11.1 Å². The highest BCUT2D eigenvalue weighted by molar-refractivity contribution is 9.10. The number of nitrogens with zero attached hydrogens (tertiary/aromatic N) is 1. The number of nitrogen functional groups attached to an aromatic ring is 1. The van der Waals surface area contributed by atoms with Gasteiger partial charge in [-0.1, -0.05) is 17.7 Å². The molecule has 0 aliphatic heterocycles. The summed E-state index contributed by atoms with van der Waals surface area (Å²) in [7, 11) is 0. The van der Waals surface area contributed by atoms with Crippen LogP contribution in [0.2, 0.25) is 5.02 Å². The zero-order chi connectivity index (χ0) is 14.7. The Hall–Kier alpha value is -1.70. The maximum absolute atomic E-state index is 8.84. The molecular weight excluding hydrogens is 340 g/mol. The molecule has 0 heterocycles. The predicted molar refractivity (Wildman–Crippen MR) is 83.8 cm³/mol. The number of benzene rings is 2. The van der Waals surface area contributed by atoms with Crippen LogP contribution in [0.1, 0.15) is 16.7 Å². The van der Waals surface area contributed by atoms with E-state index in [1.165, 1.54) is 0 Å². The molecule has 20 heavy (non-hydrogen) atoms. The van der Waals surface area contributed by atoms with Gasteiger partial charge in [0.1, 0.15) is 6.61 Å². The van der Waals surface area contributed by atoms with Crippen LogP contribution >= 0.6 is 27.5 Å². The van der Waals surface area contributed by atoms with Crippen LogP contribution in [0.5, 0.6) is 5.75 Å². The monoisotopic (exact) mass is 350 g/mol. The van der Waals surface area contributed by atoms with Gasteiger partial charge in [0.25, 0.3) is 0 Å². The highest BCUT2D eigenvalue weighted by Crippen LogP contribution is 2.35. The molecule has 0 aliphatic carbocycles. The molecule has 2 rings (SSSR count). The van der Waals surface area contributed by atoms with Gasteiger partial charge in [-0.05, 0) is 58.2 Å². The van der Waals surface area contributed by atoms with Gasteiger partial charge in [-0.3, -0.25) is 0 Å². The van der Waals surface area contributed by atoms with E-state index >= 15 is 0 Å². The molecule has 102 valence electrons. The highest BCUT2D eigenvalue weighted by atomic mass is 79.9. The summed E-state index contributed by atoms with van der Waals surface area (Å²) in [4.78, 5) is 0. The van der Waals surface area contributed by atoms with E-state index in [2.05, 4.69) is 22.0 Å². The molecule has 0 aromatic heterocycles. The Bertz CT molecular complexity index is 672. The van der Waals surface area contributed by atoms with Gasteiger partial charge in [-0.2, -0.15) is 5.26 Å². The van der Waals surface area contributed by atoms with Gasteiger partial charge in [-0.15, -0.1) is 0 Å². The van der Waals surface area contributed by atoms with Gasteiger partial charge in [0.15, 0.2) is 5.75 Å². The highest BCUT2D eigenvalue weighted by Gasteiger charge is 2.09. The Morgan fingerprint density at radius 3 is 2.70 bits per heavy atom. The molecule has 0 fully saturated rings. The summed E-state index contributed by atoms with van der Waals surface area (Å²) >= 11 is 9.28. The Morgan fingerprint density at radius 2 is 2.10 bits per heavy atom. The molecule has 0 bridgehead atoms. The molecule has 2 N–H and O–H groups in total. The lowest BCUT2D eigenvalue weighted by atomic mass is 10.1. The van der Waals surface area contributed by atoms with Crippen LogP contribution in [0.4, 0.5) is 5.69 Å². The fourth-order valence-corrected chi connectivity index (χ4v) is 2.76. The second-order valence-electron chi connectivity index (χ2n) is 4.35. The lowest BCUT2D eigenvalue weighted by Crippen LogP contribution is -2.01. The number of nitrogens with two attached hydrogens (primary N) is 1. The van der Waals surface area contributed by atoms with Crippen LogP contribution in [-0.2, 0) is 6.61 Å². The van der Waals surface area contributed by atoms with Crippen LogP contribution in [0.15, 0.2) is 34.8 Å². The Labute approximate surface area is 131 Å². The van der Waals surface area contributed by atoms with Gasteiger partial charge in [0, 0.05) is 5.02 Å². The maximum atomic E-state index is 8.84. The fourth-order valence-electron chi connectivity index (χ4n) is 1.81. The number of aryl methyl sites for hydroxylation is 1. The van der Waals surface area contributed by atoms with Crippen LogP contribution in [0.25, 0.3) is 0 Å². The zero-order valence-corrected chi connectivity index (χ0v) is 13.1. The van der Waals surface area contributed by atoms with Crippen LogP contribution in [0, 0.1) is 18.3 Å². The van der Waals surface area contributed by atoms with E-state index < -0.39 is 0 Å². The summed E-state index contributed by atoms with van der Waals surface area (Å²) in [5, 5.41) is 9.40. The van der Waals surface area contributed by atoms with Crippen molar-refractivity contribution < 1.29 is 4.74 Å². The average Bonchev–Trinajstić information content (AvgIpc) is 2.39. The quantitative estimate of drug-likeness (QED) is 0.831. The number of halogens is 2. The first-order valence-corrected chi connectivity index (χ1v) is 7.05. The average molecular weight is 352 g/mol. The van der Waals surface area contributed by atoms with Crippen LogP contribution in [0.3, 0.4) is 0 Å². The number of anilines is 1. The third-order valence-electron chi connectivity index (χ3n) is 2.88. The topological polar surface area (TPSA) is 59.0 Å². The number of nitriles is 1. The summed E-state index contributed by atoms with van der Waals surface area (Å²) in [6.45, 7) is 2.32. The summed E-state index contributed by atoms with van der Waals surface area (Å²) in [6.07, 6.45) is 0. The molecule has 0 saturated carbocycles. The van der Waals surface area contributed by atoms with E-state index in [1.54, 1.807) is 18.2 Å². The van der Waals surface area contributed by atoms with Crippen LogP contribution < -0.4 is 10.5 Å². The van der Waals surface area contributed by atoms with E-state index in [1.807, 2.05) is 19.1 Å². The minimum atomic E-state index is 0.377. The smallest absolute Gasteiger partial charge is 0.156 e. The second kappa shape index (κ2) is 6.17. The molecule has 0 unspecified atom stereocenters. The molecule has 2 aromatic rings. The first-order valence-electron chi connectivity index (χ1n) is 5.88. The molecule has 0 spiro atoms. The SMILES string of the molecule is Cc1cc(C#N)ccc1COc1c(N)cc(Cl)cc1Br. The Kier molecular flexibility index (Phi) is 4.53. The Morgan fingerprint density at radius 1 is 1.35 bits per heavy atom. The van der Waals surface area contributed by atoms with E-state index in [4.69, 9.17) is 27.3 Å². The standard InChI is InChI=1S/C15H12BrClN2O/c1-9-4-10(7-18)2-3-11(9)8-20-15-13(16)5-12(17)6-14(15)19/h2-6H,8,19H2,1H3. The van der Waals surface area contributed by atoms with Gasteiger partial charge in [0.2, 0.25) is 0 Å². The van der Waals surface area contributed by atoms with Gasteiger partial charge >= 0.3 is 0 Å². The zero-order valence-electron chi connectivity index (χ0n) is 10.8. The third kappa shape index (κ3) is 3.24. The molecular formula is C15H12BrClN2O. The maximum Gasteiger partial charge on any atom is 0.156 e. The largest absolute Gasteiger partial charge is 0.486 e. The summed E-state index contributed by atoms with van der Waals surface area (Å²) in [5.41, 5.74) is 9.02. The molecule has 5 heteroatoms. The summed E-state index contributed by atoms with van der Waals surface area (Å²) in [5.74, 6) is 0.568. The number of hydrogen-bond acceptors (Lipinski definition) is 3. The number of rotatable bonds is 3. The van der Waals surface area contributed by atoms with Crippen molar-refractivity contribution in [2.75, 3.05) is 5.73 Å². The molecule has 0 amide bonds. The summed E-state index contributed by atoms with van der Waals surface area (Å²) < 4.78 is 6.47. The number of ether oxygens (including phenoxy) is 1. The predicted octanol–water partition coefficient (Wildman–Crippen LogP) is 4.44. The molecule has 0 saturated heterocycles. The van der Waals surface area contributed by atoms with Crippen molar-refractivity contribution in [1.82, 2.24) is 0 Å². The van der Waals surface area contributed by atoms with E-state index in [9.17, 15) is 0 Å². The first-order chi connectivity index (χ1) is 9.51. The lowest BCUT2D eigenvalue weighted by Gasteiger charge is -2.13. The minimum Gasteiger partial charge on any atom is -0.486 e. The van der Waals surface area contributed by atoms with Crippen molar-refractivity contribution in [3.63, 3.8) is 0 Å². The van der Waals surface area contributed by atoms with E-state index in [-0.39, 0.29) is 0 Å². The second-order valence-corrected chi connectivity index (χ2v) is 5.64. The van der Waals surface area contributed by atoms with Crippen molar-refractivity contribution in [2.24, 2.45) is 0 Å². The fraction of sp³-hybridized carbons (Fsp3) is 0.133. The Balaban J connectivity index is 2.20. The van der Waals surface area contributed by atoms with Crippen LogP contribution in [-0.4, -0.2) is 0 Å². The van der Waals surface area contributed by atoms with E-state index in [0.29, 0.717) is 33.1 Å². The van der Waals surface area contributed by atoms with Gasteiger partial charge < -0.3 is 10.5 Å². The van der Waals surface area contributed by atoms with Crippen molar-refractivity contribution in [3.05, 3.63) is 56.5 Å². The number of hydrogen-bond donors (Lipinski definition) is 1. The van der Waals surface area contributed by atoms with Crippen molar-refractivity contribution in [2.45, 2.75) is 13.5 Å². The van der Waals surface area contributed by atoms with Crippen molar-refractivity contribution >= 4 is 33.2 Å². The first kappa shape index (κ1) is 14.7. The van der Waals surface area contributed by atoms with Gasteiger partial charge in [0.05, 0.1) is 21.8 Å². The van der Waals surface area contributed by atoms with Crippen molar-refractivity contribution in [1.29, 1.82) is 5.26 Å². The minimum absolute atomic E-state index is 0.377. The normalized spacial score (nSPS) is 10.1. The summed E-state index contributed by atoms with van der Waals surface area (Å²) in [6, 6.07) is 11.0. The molecule has 2 aromatic carbocycles. The molecule has 3 nitrogen and oxygen atoms in total. The molecule has 0 radical (unpaired) electrons. The van der Waals surface area contributed by atoms with Crippen molar-refractivity contribution in [3.8, 4) is 11.8 Å². The lowest BCUT2D eigenvalue weighted by molar-refractivity contribution is 0.305. The van der Waals surface area contributed by atoms with Gasteiger partial charge in [-0.25, -0.2) is 0 Å². The molecule has 0 atom stereocenters. The molecule has 0 aliphatic rings. The third-order valence-corrected chi connectivity index (χ3v) is 3.69.